The Hall–Kier alpha value is -2.21. The van der Waals surface area contributed by atoms with Crippen molar-refractivity contribution in [1.29, 1.82) is 0 Å². The minimum atomic E-state index is -0.159. The van der Waals surface area contributed by atoms with Crippen LogP contribution in [-0.4, -0.2) is 41.8 Å². The van der Waals surface area contributed by atoms with Crippen LogP contribution in [0, 0.1) is 0 Å². The predicted molar refractivity (Wildman–Crippen MR) is 96.4 cm³/mol. The summed E-state index contributed by atoms with van der Waals surface area (Å²) in [5, 5.41) is 2.67. The van der Waals surface area contributed by atoms with Crippen LogP contribution in [0.4, 0.5) is 0 Å². The van der Waals surface area contributed by atoms with E-state index < -0.39 is 0 Å². The van der Waals surface area contributed by atoms with Crippen LogP contribution in [0.1, 0.15) is 11.1 Å². The number of halogens is 1. The number of amides is 2. The molecule has 2 amide bonds. The molecule has 6 heteroatoms. The lowest BCUT2D eigenvalue weighted by molar-refractivity contribution is -0.131. The molecule has 0 saturated carbocycles. The summed E-state index contributed by atoms with van der Waals surface area (Å²) in [6.07, 6.45) is 4.50. The maximum atomic E-state index is 12.1. The van der Waals surface area contributed by atoms with Crippen LogP contribution >= 0.6 is 15.9 Å². The van der Waals surface area contributed by atoms with Gasteiger partial charge in [-0.3, -0.25) is 14.6 Å². The van der Waals surface area contributed by atoms with Crippen molar-refractivity contribution in [2.75, 3.05) is 20.1 Å². The highest BCUT2D eigenvalue weighted by Crippen LogP contribution is 2.10. The number of benzene rings is 1. The average Bonchev–Trinajstić information content (AvgIpc) is 2.60. The first kappa shape index (κ1) is 18.1. The van der Waals surface area contributed by atoms with Crippen LogP contribution in [0.2, 0.25) is 0 Å². The molecule has 2 aromatic rings. The summed E-state index contributed by atoms with van der Waals surface area (Å²) in [5.41, 5.74) is 2.04. The van der Waals surface area contributed by atoms with Crippen LogP contribution in [0.5, 0.6) is 0 Å². The monoisotopic (exact) mass is 389 g/mol. The van der Waals surface area contributed by atoms with Crippen molar-refractivity contribution in [3.63, 3.8) is 0 Å². The molecule has 1 aromatic heterocycles. The van der Waals surface area contributed by atoms with E-state index in [0.717, 1.165) is 22.0 Å². The SMILES string of the molecule is CN(CCc1ccncc1)C(=O)CNC(=O)Cc1ccc(Br)cc1. The van der Waals surface area contributed by atoms with Crippen LogP contribution < -0.4 is 5.32 Å². The molecule has 0 bridgehead atoms. The average molecular weight is 390 g/mol. The normalized spacial score (nSPS) is 10.2. The quantitative estimate of drug-likeness (QED) is 0.789. The summed E-state index contributed by atoms with van der Waals surface area (Å²) in [5.74, 6) is -0.263. The lowest BCUT2D eigenvalue weighted by Crippen LogP contribution is -2.39. The minimum absolute atomic E-state index is 0.0161. The Balaban J connectivity index is 1.71. The van der Waals surface area contributed by atoms with Crippen LogP contribution in [-0.2, 0) is 22.4 Å². The molecule has 126 valence electrons. The number of pyridine rings is 1. The molecule has 0 saturated heterocycles. The summed E-state index contributed by atoms with van der Waals surface area (Å²) in [6.45, 7) is 0.619. The second-order valence-corrected chi connectivity index (χ2v) is 6.42. The molecule has 0 aliphatic carbocycles. The number of carbonyl (C=O) groups excluding carboxylic acids is 2. The van der Waals surface area contributed by atoms with Crippen LogP contribution in [0.15, 0.2) is 53.3 Å². The number of nitrogens with zero attached hydrogens (tertiary/aromatic N) is 2. The molecule has 2 rings (SSSR count). The van der Waals surface area contributed by atoms with Crippen molar-refractivity contribution < 1.29 is 9.59 Å². The molecule has 0 atom stereocenters. The van der Waals surface area contributed by atoms with Crippen LogP contribution in [0.25, 0.3) is 0 Å². The third kappa shape index (κ3) is 6.12. The fraction of sp³-hybridized carbons (Fsp3) is 0.278. The van der Waals surface area contributed by atoms with E-state index in [1.807, 2.05) is 36.4 Å². The molecule has 1 aromatic carbocycles. The highest BCUT2D eigenvalue weighted by atomic mass is 79.9. The number of rotatable bonds is 7. The van der Waals surface area contributed by atoms with Gasteiger partial charge in [0.1, 0.15) is 0 Å². The zero-order valence-electron chi connectivity index (χ0n) is 13.5. The van der Waals surface area contributed by atoms with E-state index in [-0.39, 0.29) is 24.8 Å². The van der Waals surface area contributed by atoms with E-state index in [9.17, 15) is 9.59 Å². The minimum Gasteiger partial charge on any atom is -0.347 e. The van der Waals surface area contributed by atoms with E-state index in [0.29, 0.717) is 6.54 Å². The number of hydrogen-bond donors (Lipinski definition) is 1. The molecule has 0 aliphatic heterocycles. The maximum absolute atomic E-state index is 12.1. The second-order valence-electron chi connectivity index (χ2n) is 5.50. The predicted octanol–water partition coefficient (Wildman–Crippen LogP) is 2.20. The number of aromatic nitrogens is 1. The third-order valence-corrected chi connectivity index (χ3v) is 4.15. The largest absolute Gasteiger partial charge is 0.347 e. The van der Waals surface area contributed by atoms with Gasteiger partial charge in [0.05, 0.1) is 13.0 Å². The van der Waals surface area contributed by atoms with Crippen molar-refractivity contribution >= 4 is 27.7 Å². The van der Waals surface area contributed by atoms with Crippen molar-refractivity contribution in [2.45, 2.75) is 12.8 Å². The first-order valence-electron chi connectivity index (χ1n) is 7.68. The topological polar surface area (TPSA) is 62.3 Å². The Morgan fingerprint density at radius 3 is 2.42 bits per heavy atom. The molecule has 0 aliphatic rings. The highest BCUT2D eigenvalue weighted by Gasteiger charge is 2.11. The highest BCUT2D eigenvalue weighted by molar-refractivity contribution is 9.10. The van der Waals surface area contributed by atoms with Gasteiger partial charge in [-0.25, -0.2) is 0 Å². The van der Waals surface area contributed by atoms with Gasteiger partial charge in [0, 0.05) is 30.5 Å². The van der Waals surface area contributed by atoms with E-state index in [4.69, 9.17) is 0 Å². The molecule has 0 radical (unpaired) electrons. The van der Waals surface area contributed by atoms with Crippen molar-refractivity contribution in [2.24, 2.45) is 0 Å². The van der Waals surface area contributed by atoms with E-state index in [1.165, 1.54) is 0 Å². The molecular formula is C18H20BrN3O2. The Morgan fingerprint density at radius 1 is 1.08 bits per heavy atom. The van der Waals surface area contributed by atoms with Gasteiger partial charge in [0.2, 0.25) is 11.8 Å². The summed E-state index contributed by atoms with van der Waals surface area (Å²) < 4.78 is 0.970. The molecule has 1 heterocycles. The van der Waals surface area contributed by atoms with Gasteiger partial charge in [0.25, 0.3) is 0 Å². The lowest BCUT2D eigenvalue weighted by Gasteiger charge is -2.17. The zero-order valence-corrected chi connectivity index (χ0v) is 15.1. The molecular weight excluding hydrogens is 370 g/mol. The smallest absolute Gasteiger partial charge is 0.241 e. The molecule has 5 nitrogen and oxygen atoms in total. The fourth-order valence-corrected chi connectivity index (χ4v) is 2.39. The Labute approximate surface area is 150 Å². The summed E-state index contributed by atoms with van der Waals surface area (Å²) >= 11 is 3.35. The zero-order chi connectivity index (χ0) is 17.4. The number of carbonyl (C=O) groups is 2. The van der Waals surface area contributed by atoms with Gasteiger partial charge < -0.3 is 10.2 Å². The van der Waals surface area contributed by atoms with Crippen LogP contribution in [0.3, 0.4) is 0 Å². The lowest BCUT2D eigenvalue weighted by atomic mass is 10.1. The number of nitrogens with one attached hydrogen (secondary N) is 1. The Morgan fingerprint density at radius 2 is 1.75 bits per heavy atom. The second kappa shape index (κ2) is 9.17. The van der Waals surface area contributed by atoms with Gasteiger partial charge >= 0.3 is 0 Å². The number of likely N-dealkylation sites (N-methyl/N-ethyl adjacent to an activating group) is 1. The maximum Gasteiger partial charge on any atom is 0.241 e. The van der Waals surface area contributed by atoms with Gasteiger partial charge in [0.15, 0.2) is 0 Å². The Kier molecular flexibility index (Phi) is 6.93. The van der Waals surface area contributed by atoms with Crippen molar-refractivity contribution in [3.05, 3.63) is 64.4 Å². The Bertz CT molecular complexity index is 674. The van der Waals surface area contributed by atoms with E-state index >= 15 is 0 Å². The summed E-state index contributed by atoms with van der Waals surface area (Å²) in [6, 6.07) is 11.4. The molecule has 0 fully saturated rings. The standard InChI is InChI=1S/C18H20BrN3O2/c1-22(11-8-14-6-9-20-10-7-14)18(24)13-21-17(23)12-15-2-4-16(19)5-3-15/h2-7,9-10H,8,11-13H2,1H3,(H,21,23). The molecule has 0 unspecified atom stereocenters. The number of hydrogen-bond acceptors (Lipinski definition) is 3. The van der Waals surface area contributed by atoms with Gasteiger partial charge in [-0.05, 0) is 41.8 Å². The molecule has 1 N–H and O–H groups in total. The first-order valence-corrected chi connectivity index (χ1v) is 8.48. The molecule has 0 spiro atoms. The third-order valence-electron chi connectivity index (χ3n) is 3.63. The summed E-state index contributed by atoms with van der Waals surface area (Å²) in [7, 11) is 1.74. The van der Waals surface area contributed by atoms with E-state index in [2.05, 4.69) is 26.2 Å². The fourth-order valence-electron chi connectivity index (χ4n) is 2.13. The first-order chi connectivity index (χ1) is 11.5. The van der Waals surface area contributed by atoms with Crippen molar-refractivity contribution in [1.82, 2.24) is 15.2 Å². The van der Waals surface area contributed by atoms with Gasteiger partial charge in [-0.2, -0.15) is 0 Å². The van der Waals surface area contributed by atoms with Crippen molar-refractivity contribution in [3.8, 4) is 0 Å². The molecule has 24 heavy (non-hydrogen) atoms. The van der Waals surface area contributed by atoms with Gasteiger partial charge in [-0.1, -0.05) is 28.1 Å². The van der Waals surface area contributed by atoms with E-state index in [1.54, 1.807) is 24.3 Å². The van der Waals surface area contributed by atoms with Gasteiger partial charge in [-0.15, -0.1) is 0 Å². The summed E-state index contributed by atoms with van der Waals surface area (Å²) in [4.78, 5) is 29.6.